The van der Waals surface area contributed by atoms with Crippen LogP contribution in [-0.4, -0.2) is 11.1 Å². The average molecular weight is 268 g/mol. The number of hydrogen-bond donors (Lipinski definition) is 1. The molecule has 0 bridgehead atoms. The normalized spacial score (nSPS) is 26.6. The molecule has 104 valence electrons. The Bertz CT molecular complexity index is 487. The zero-order chi connectivity index (χ0) is 14.0. The van der Waals surface area contributed by atoms with Crippen LogP contribution in [0.3, 0.4) is 0 Å². The van der Waals surface area contributed by atoms with Crippen molar-refractivity contribution in [1.82, 2.24) is 0 Å². The van der Waals surface area contributed by atoms with Crippen LogP contribution in [0.15, 0.2) is 18.2 Å². The third-order valence-electron chi connectivity index (χ3n) is 4.28. The summed E-state index contributed by atoms with van der Waals surface area (Å²) in [5.74, 6) is -1.58. The van der Waals surface area contributed by atoms with E-state index in [0.717, 1.165) is 31.0 Å². The number of carbonyl (C=O) groups is 1. The highest BCUT2D eigenvalue weighted by Gasteiger charge is 2.45. The molecular formula is C15H18F2O2. The van der Waals surface area contributed by atoms with Crippen molar-refractivity contribution in [2.24, 2.45) is 11.3 Å². The fourth-order valence-corrected chi connectivity index (χ4v) is 3.06. The highest BCUT2D eigenvalue weighted by Crippen LogP contribution is 2.46. The van der Waals surface area contributed by atoms with Crippen LogP contribution in [0.5, 0.6) is 0 Å². The van der Waals surface area contributed by atoms with Gasteiger partial charge in [-0.25, -0.2) is 8.78 Å². The summed E-state index contributed by atoms with van der Waals surface area (Å²) in [6.45, 7) is 2.03. The topological polar surface area (TPSA) is 37.3 Å². The van der Waals surface area contributed by atoms with Gasteiger partial charge in [0.25, 0.3) is 0 Å². The molecule has 0 amide bonds. The second kappa shape index (κ2) is 5.27. The lowest BCUT2D eigenvalue weighted by Crippen LogP contribution is -2.31. The third kappa shape index (κ3) is 2.77. The van der Waals surface area contributed by atoms with Gasteiger partial charge in [-0.15, -0.1) is 0 Å². The molecule has 0 aromatic heterocycles. The number of carboxylic acid groups (broad SMARTS) is 1. The molecule has 1 aromatic carbocycles. The van der Waals surface area contributed by atoms with Crippen molar-refractivity contribution in [3.8, 4) is 0 Å². The Hall–Kier alpha value is -1.45. The van der Waals surface area contributed by atoms with Gasteiger partial charge in [0, 0.05) is 0 Å². The van der Waals surface area contributed by atoms with Gasteiger partial charge in [0.15, 0.2) is 0 Å². The number of benzene rings is 1. The Kier molecular flexibility index (Phi) is 3.88. The molecule has 0 saturated heterocycles. The molecule has 1 aliphatic carbocycles. The maximum atomic E-state index is 13.7. The average Bonchev–Trinajstić information content (AvgIpc) is 2.79. The number of carboxylic acids is 1. The molecule has 2 atom stereocenters. The first-order chi connectivity index (χ1) is 8.97. The predicted octanol–water partition coefficient (Wildman–Crippen LogP) is 3.79. The van der Waals surface area contributed by atoms with Gasteiger partial charge in [0.2, 0.25) is 0 Å². The van der Waals surface area contributed by atoms with Crippen LogP contribution >= 0.6 is 0 Å². The van der Waals surface area contributed by atoms with Crippen molar-refractivity contribution < 1.29 is 18.7 Å². The first kappa shape index (κ1) is 14.0. The zero-order valence-electron chi connectivity index (χ0n) is 11.0. The van der Waals surface area contributed by atoms with E-state index in [4.69, 9.17) is 0 Å². The van der Waals surface area contributed by atoms with Gasteiger partial charge in [-0.05, 0) is 55.4 Å². The number of rotatable bonds is 4. The predicted molar refractivity (Wildman–Crippen MR) is 67.8 cm³/mol. The Balaban J connectivity index is 2.27. The van der Waals surface area contributed by atoms with Gasteiger partial charge in [-0.1, -0.05) is 13.3 Å². The smallest absolute Gasteiger partial charge is 0.309 e. The standard InChI is InChI=1S/C15H18F2O2/c1-2-10-5-6-15(8-10,14(18)19)9-11-7-12(16)3-4-13(11)17/h3-4,7,10H,2,5-6,8-9H2,1H3,(H,18,19). The molecule has 1 fully saturated rings. The Labute approximate surface area is 111 Å². The summed E-state index contributed by atoms with van der Waals surface area (Å²) in [4.78, 5) is 11.6. The van der Waals surface area contributed by atoms with E-state index in [9.17, 15) is 18.7 Å². The minimum absolute atomic E-state index is 0.0719. The number of hydrogen-bond acceptors (Lipinski definition) is 1. The van der Waals surface area contributed by atoms with Crippen LogP contribution < -0.4 is 0 Å². The van der Waals surface area contributed by atoms with E-state index in [1.54, 1.807) is 0 Å². The van der Waals surface area contributed by atoms with Crippen LogP contribution in [0.1, 0.15) is 38.2 Å². The lowest BCUT2D eigenvalue weighted by molar-refractivity contribution is -0.148. The molecule has 2 unspecified atom stereocenters. The maximum absolute atomic E-state index is 13.7. The second-order valence-electron chi connectivity index (χ2n) is 5.52. The van der Waals surface area contributed by atoms with Crippen LogP contribution in [0, 0.1) is 23.0 Å². The van der Waals surface area contributed by atoms with E-state index in [2.05, 4.69) is 0 Å². The SMILES string of the molecule is CCC1CCC(Cc2cc(F)ccc2F)(C(=O)O)C1. The Morgan fingerprint density at radius 1 is 1.47 bits per heavy atom. The highest BCUT2D eigenvalue weighted by molar-refractivity contribution is 5.75. The summed E-state index contributed by atoms with van der Waals surface area (Å²) in [7, 11) is 0. The van der Waals surface area contributed by atoms with E-state index in [0.29, 0.717) is 18.8 Å². The van der Waals surface area contributed by atoms with E-state index >= 15 is 0 Å². The molecule has 0 radical (unpaired) electrons. The van der Waals surface area contributed by atoms with Gasteiger partial charge in [0.05, 0.1) is 5.41 Å². The van der Waals surface area contributed by atoms with Gasteiger partial charge in [-0.3, -0.25) is 4.79 Å². The summed E-state index contributed by atoms with van der Waals surface area (Å²) in [6.07, 6.45) is 2.94. The monoisotopic (exact) mass is 268 g/mol. The van der Waals surface area contributed by atoms with E-state index in [-0.39, 0.29) is 12.0 Å². The maximum Gasteiger partial charge on any atom is 0.309 e. The molecule has 1 N–H and O–H groups in total. The molecule has 0 spiro atoms. The van der Waals surface area contributed by atoms with E-state index in [1.807, 2.05) is 6.92 Å². The fraction of sp³-hybridized carbons (Fsp3) is 0.533. The van der Waals surface area contributed by atoms with Crippen molar-refractivity contribution >= 4 is 5.97 Å². The molecule has 2 rings (SSSR count). The number of aliphatic carboxylic acids is 1. The summed E-state index contributed by atoms with van der Waals surface area (Å²) in [5, 5.41) is 9.48. The van der Waals surface area contributed by atoms with Crippen LogP contribution in [0.2, 0.25) is 0 Å². The largest absolute Gasteiger partial charge is 0.481 e. The summed E-state index contributed by atoms with van der Waals surface area (Å²) in [5.41, 5.74) is -0.769. The molecule has 0 heterocycles. The zero-order valence-corrected chi connectivity index (χ0v) is 11.0. The molecule has 1 saturated carbocycles. The molecule has 1 aliphatic rings. The fourth-order valence-electron chi connectivity index (χ4n) is 3.06. The molecule has 19 heavy (non-hydrogen) atoms. The molecule has 1 aromatic rings. The van der Waals surface area contributed by atoms with Crippen molar-refractivity contribution in [2.75, 3.05) is 0 Å². The first-order valence-electron chi connectivity index (χ1n) is 6.64. The van der Waals surface area contributed by atoms with Crippen LogP contribution in [0.4, 0.5) is 8.78 Å². The van der Waals surface area contributed by atoms with Crippen molar-refractivity contribution in [3.63, 3.8) is 0 Å². The van der Waals surface area contributed by atoms with Gasteiger partial charge >= 0.3 is 5.97 Å². The summed E-state index contributed by atoms with van der Waals surface area (Å²) in [6, 6.07) is 3.22. The third-order valence-corrected chi connectivity index (χ3v) is 4.28. The minimum atomic E-state index is -0.935. The number of halogens is 2. The lowest BCUT2D eigenvalue weighted by atomic mass is 9.79. The quantitative estimate of drug-likeness (QED) is 0.902. The van der Waals surface area contributed by atoms with Crippen LogP contribution in [-0.2, 0) is 11.2 Å². The summed E-state index contributed by atoms with van der Waals surface area (Å²) >= 11 is 0. The van der Waals surface area contributed by atoms with Crippen molar-refractivity contribution in [2.45, 2.75) is 39.0 Å². The minimum Gasteiger partial charge on any atom is -0.481 e. The molecule has 0 aliphatic heterocycles. The highest BCUT2D eigenvalue weighted by atomic mass is 19.1. The first-order valence-corrected chi connectivity index (χ1v) is 6.64. The molecule has 2 nitrogen and oxygen atoms in total. The Morgan fingerprint density at radius 3 is 2.79 bits per heavy atom. The van der Waals surface area contributed by atoms with Gasteiger partial charge in [-0.2, -0.15) is 0 Å². The van der Waals surface area contributed by atoms with Crippen LogP contribution in [0.25, 0.3) is 0 Å². The Morgan fingerprint density at radius 2 is 2.21 bits per heavy atom. The van der Waals surface area contributed by atoms with Crippen molar-refractivity contribution in [3.05, 3.63) is 35.4 Å². The second-order valence-corrected chi connectivity index (χ2v) is 5.52. The van der Waals surface area contributed by atoms with Gasteiger partial charge < -0.3 is 5.11 Å². The van der Waals surface area contributed by atoms with Gasteiger partial charge in [0.1, 0.15) is 11.6 Å². The van der Waals surface area contributed by atoms with Crippen molar-refractivity contribution in [1.29, 1.82) is 0 Å². The summed E-state index contributed by atoms with van der Waals surface area (Å²) < 4.78 is 26.9. The molecular weight excluding hydrogens is 250 g/mol. The van der Waals surface area contributed by atoms with E-state index in [1.165, 1.54) is 0 Å². The van der Waals surface area contributed by atoms with E-state index < -0.39 is 23.0 Å². The lowest BCUT2D eigenvalue weighted by Gasteiger charge is -2.24. The molecule has 4 heteroatoms.